The molecule has 0 spiro atoms. The fourth-order valence-corrected chi connectivity index (χ4v) is 2.97. The first-order valence-corrected chi connectivity index (χ1v) is 6.83. The van der Waals surface area contributed by atoms with Gasteiger partial charge >= 0.3 is 6.18 Å². The number of halogens is 3. The lowest BCUT2D eigenvalue weighted by Gasteiger charge is -2.25. The van der Waals surface area contributed by atoms with Crippen molar-refractivity contribution in [1.29, 1.82) is 0 Å². The van der Waals surface area contributed by atoms with E-state index in [4.69, 9.17) is 0 Å². The van der Waals surface area contributed by atoms with Crippen LogP contribution in [0.1, 0.15) is 23.4 Å². The van der Waals surface area contributed by atoms with E-state index in [1.807, 2.05) is 23.8 Å². The summed E-state index contributed by atoms with van der Waals surface area (Å²) in [5, 5.41) is 2.19. The fourth-order valence-electron chi connectivity index (χ4n) is 1.87. The number of fused-ring (bicyclic) bond motifs is 1. The maximum atomic E-state index is 12.1. The smallest absolute Gasteiger partial charge is 0.372 e. The average Bonchev–Trinajstić information content (AvgIpc) is 2.36. The molecule has 0 radical (unpaired) electrons. The summed E-state index contributed by atoms with van der Waals surface area (Å²) in [6.45, 7) is 0.608. The first-order valence-electron chi connectivity index (χ1n) is 5.61. The van der Waals surface area contributed by atoms with Gasteiger partial charge in [0.05, 0.1) is 0 Å². The number of hydrogen-bond donors (Lipinski definition) is 2. The molecule has 0 aromatic heterocycles. The molecule has 2 rings (SSSR count). The van der Waals surface area contributed by atoms with Gasteiger partial charge < -0.3 is 5.32 Å². The van der Waals surface area contributed by atoms with Crippen LogP contribution >= 0.6 is 0 Å². The van der Waals surface area contributed by atoms with Crippen LogP contribution in [-0.2, 0) is 11.0 Å². The van der Waals surface area contributed by atoms with Crippen LogP contribution in [0.3, 0.4) is 0 Å². The maximum absolute atomic E-state index is 12.1. The predicted molar refractivity (Wildman–Crippen MR) is 68.2 cm³/mol. The zero-order valence-corrected chi connectivity index (χ0v) is 10.9. The Labute approximate surface area is 111 Å². The highest BCUT2D eigenvalue weighted by molar-refractivity contribution is 7.83. The summed E-state index contributed by atoms with van der Waals surface area (Å²) in [5.74, 6) is 0. The molecule has 19 heavy (non-hydrogen) atoms. The van der Waals surface area contributed by atoms with Crippen molar-refractivity contribution in [3.8, 4) is 0 Å². The molecular formula is C12H13F3N2OS. The minimum absolute atomic E-state index is 0.678. The van der Waals surface area contributed by atoms with Crippen LogP contribution in [0.15, 0.2) is 30.5 Å². The second kappa shape index (κ2) is 5.34. The molecule has 0 saturated carbocycles. The number of hydrogen-bond acceptors (Lipinski definition) is 2. The summed E-state index contributed by atoms with van der Waals surface area (Å²) in [6.07, 6.45) is -2.71. The second-order valence-corrected chi connectivity index (χ2v) is 5.55. The molecule has 0 saturated heterocycles. The van der Waals surface area contributed by atoms with E-state index in [0.717, 1.165) is 16.7 Å². The highest BCUT2D eigenvalue weighted by atomic mass is 32.2. The van der Waals surface area contributed by atoms with Crippen LogP contribution < -0.4 is 10.0 Å². The molecule has 1 aromatic carbocycles. The molecule has 1 aliphatic heterocycles. The third-order valence-corrected chi connectivity index (χ3v) is 4.00. The summed E-state index contributed by atoms with van der Waals surface area (Å²) >= 11 is 0. The predicted octanol–water partition coefficient (Wildman–Crippen LogP) is 2.46. The van der Waals surface area contributed by atoms with Gasteiger partial charge in [0, 0.05) is 6.20 Å². The number of rotatable bonds is 3. The molecule has 1 aliphatic rings. The molecular weight excluding hydrogens is 277 g/mol. The Hall–Kier alpha value is -1.34. The average molecular weight is 290 g/mol. The van der Waals surface area contributed by atoms with Gasteiger partial charge in [-0.15, -0.1) is 0 Å². The normalized spacial score (nSPS) is 20.2. The SMILES string of the molecule is CC1=CNC(S(=O)NCC(F)(F)F)c2ccccc21. The van der Waals surface area contributed by atoms with Gasteiger partial charge in [-0.2, -0.15) is 13.2 Å². The van der Waals surface area contributed by atoms with E-state index in [1.165, 1.54) is 0 Å². The largest absolute Gasteiger partial charge is 0.402 e. The first-order chi connectivity index (χ1) is 8.88. The van der Waals surface area contributed by atoms with Gasteiger partial charge in [-0.1, -0.05) is 24.3 Å². The highest BCUT2D eigenvalue weighted by Gasteiger charge is 2.30. The molecule has 0 bridgehead atoms. The lowest BCUT2D eigenvalue weighted by molar-refractivity contribution is -0.121. The third-order valence-electron chi connectivity index (χ3n) is 2.75. The molecule has 0 fully saturated rings. The zero-order chi connectivity index (χ0) is 14.0. The Bertz CT molecular complexity index is 528. The van der Waals surface area contributed by atoms with Crippen molar-refractivity contribution in [3.63, 3.8) is 0 Å². The van der Waals surface area contributed by atoms with Crippen LogP contribution in [0.4, 0.5) is 13.2 Å². The summed E-state index contributed by atoms with van der Waals surface area (Å²) in [4.78, 5) is 0. The summed E-state index contributed by atoms with van der Waals surface area (Å²) in [7, 11) is -1.85. The minimum atomic E-state index is -4.38. The molecule has 2 atom stereocenters. The lowest BCUT2D eigenvalue weighted by Crippen LogP contribution is -2.37. The molecule has 0 aliphatic carbocycles. The van der Waals surface area contributed by atoms with Crippen LogP contribution in [0.5, 0.6) is 0 Å². The van der Waals surface area contributed by atoms with Crippen molar-refractivity contribution in [1.82, 2.24) is 10.0 Å². The molecule has 104 valence electrons. The maximum Gasteiger partial charge on any atom is 0.402 e. The van der Waals surface area contributed by atoms with Gasteiger partial charge in [-0.3, -0.25) is 0 Å². The van der Waals surface area contributed by atoms with E-state index >= 15 is 0 Å². The number of benzene rings is 1. The quantitative estimate of drug-likeness (QED) is 0.898. The van der Waals surface area contributed by atoms with E-state index in [9.17, 15) is 17.4 Å². The second-order valence-electron chi connectivity index (χ2n) is 4.20. The monoisotopic (exact) mass is 290 g/mol. The van der Waals surface area contributed by atoms with Gasteiger partial charge in [0.2, 0.25) is 0 Å². The van der Waals surface area contributed by atoms with Gasteiger partial charge in [0.15, 0.2) is 0 Å². The van der Waals surface area contributed by atoms with E-state index < -0.39 is 29.1 Å². The fraction of sp³-hybridized carbons (Fsp3) is 0.333. The van der Waals surface area contributed by atoms with E-state index in [1.54, 1.807) is 18.3 Å². The summed E-state index contributed by atoms with van der Waals surface area (Å²) in [5.41, 5.74) is 2.59. The highest BCUT2D eigenvalue weighted by Crippen LogP contribution is 2.30. The van der Waals surface area contributed by atoms with Gasteiger partial charge in [-0.25, -0.2) is 8.93 Å². The van der Waals surface area contributed by atoms with Crippen LogP contribution in [0.2, 0.25) is 0 Å². The molecule has 7 heteroatoms. The Kier molecular flexibility index (Phi) is 3.96. The van der Waals surface area contributed by atoms with Gasteiger partial charge in [0.25, 0.3) is 0 Å². The van der Waals surface area contributed by atoms with Crippen molar-refractivity contribution < 1.29 is 17.4 Å². The zero-order valence-electron chi connectivity index (χ0n) is 10.1. The standard InChI is InChI=1S/C12H13F3N2OS/c1-8-6-16-11(10-5-3-2-4-9(8)10)19(18)17-7-12(13,14)15/h2-6,11,16-17H,7H2,1H3. The molecule has 3 nitrogen and oxygen atoms in total. The molecule has 1 aromatic rings. The number of alkyl halides is 3. The molecule has 1 heterocycles. The lowest BCUT2D eigenvalue weighted by atomic mass is 9.99. The topological polar surface area (TPSA) is 41.1 Å². The molecule has 2 N–H and O–H groups in total. The van der Waals surface area contributed by atoms with E-state index in [-0.39, 0.29) is 0 Å². The molecule has 2 unspecified atom stereocenters. The van der Waals surface area contributed by atoms with Crippen molar-refractivity contribution in [3.05, 3.63) is 41.6 Å². The van der Waals surface area contributed by atoms with Crippen molar-refractivity contribution in [2.45, 2.75) is 18.5 Å². The Balaban J connectivity index is 2.17. The first kappa shape index (κ1) is 14.1. The van der Waals surface area contributed by atoms with E-state index in [0.29, 0.717) is 0 Å². The van der Waals surface area contributed by atoms with Gasteiger partial charge in [0.1, 0.15) is 22.9 Å². The molecule has 0 amide bonds. The number of nitrogens with one attached hydrogen (secondary N) is 2. The van der Waals surface area contributed by atoms with Crippen molar-refractivity contribution >= 4 is 16.6 Å². The summed E-state index contributed by atoms with van der Waals surface area (Å²) < 4.78 is 50.3. The van der Waals surface area contributed by atoms with Crippen molar-refractivity contribution in [2.75, 3.05) is 6.54 Å². The van der Waals surface area contributed by atoms with Crippen LogP contribution in [0, 0.1) is 0 Å². The van der Waals surface area contributed by atoms with Gasteiger partial charge in [-0.05, 0) is 23.6 Å². The Morgan fingerprint density at radius 2 is 2.05 bits per heavy atom. The van der Waals surface area contributed by atoms with Crippen LogP contribution in [-0.4, -0.2) is 16.9 Å². The minimum Gasteiger partial charge on any atom is -0.372 e. The van der Waals surface area contributed by atoms with Crippen molar-refractivity contribution in [2.24, 2.45) is 0 Å². The van der Waals surface area contributed by atoms with Crippen LogP contribution in [0.25, 0.3) is 5.57 Å². The number of allylic oxidation sites excluding steroid dienone is 1. The summed E-state index contributed by atoms with van der Waals surface area (Å²) in [6, 6.07) is 7.23. The Morgan fingerprint density at radius 3 is 2.74 bits per heavy atom. The third kappa shape index (κ3) is 3.36. The van der Waals surface area contributed by atoms with E-state index in [2.05, 4.69) is 5.32 Å². The Morgan fingerprint density at radius 1 is 1.37 bits per heavy atom.